The van der Waals surface area contributed by atoms with Crippen molar-refractivity contribution in [3.8, 4) is 0 Å². The Morgan fingerprint density at radius 3 is 2.90 bits per heavy atom. The Morgan fingerprint density at radius 2 is 2.14 bits per heavy atom. The molecule has 1 unspecified atom stereocenters. The van der Waals surface area contributed by atoms with Gasteiger partial charge in [-0.3, -0.25) is 4.98 Å². The van der Waals surface area contributed by atoms with Crippen molar-refractivity contribution >= 4 is 38.0 Å². The van der Waals surface area contributed by atoms with Gasteiger partial charge in [0.1, 0.15) is 0 Å². The minimum absolute atomic E-state index is 0.242. The van der Waals surface area contributed by atoms with E-state index < -0.39 is 0 Å². The average molecular weight is 361 g/mol. The first kappa shape index (κ1) is 14.7. The number of hydrogen-bond acceptors (Lipinski definition) is 3. The number of likely N-dealkylation sites (N-methyl/N-ethyl adjacent to an activating group) is 1. The van der Waals surface area contributed by atoms with Gasteiger partial charge in [0.25, 0.3) is 0 Å². The number of hydrogen-bond donors (Lipinski definition) is 1. The zero-order valence-corrected chi connectivity index (χ0v) is 14.2. The van der Waals surface area contributed by atoms with Crippen LogP contribution in [0.15, 0.2) is 52.4 Å². The van der Waals surface area contributed by atoms with Crippen molar-refractivity contribution in [2.24, 2.45) is 0 Å². The summed E-state index contributed by atoms with van der Waals surface area (Å²) in [6.45, 7) is 3.07. The van der Waals surface area contributed by atoms with Gasteiger partial charge in [0.2, 0.25) is 0 Å². The summed E-state index contributed by atoms with van der Waals surface area (Å²) in [6, 6.07) is 13.0. The molecular weight excluding hydrogens is 344 g/mol. The first-order chi connectivity index (χ1) is 10.3. The van der Waals surface area contributed by atoms with E-state index in [4.69, 9.17) is 0 Å². The molecule has 0 saturated carbocycles. The lowest BCUT2D eigenvalue weighted by Crippen LogP contribution is -2.23. The molecule has 0 saturated heterocycles. The highest BCUT2D eigenvalue weighted by Gasteiger charge is 2.16. The van der Waals surface area contributed by atoms with Gasteiger partial charge in [-0.2, -0.15) is 0 Å². The van der Waals surface area contributed by atoms with Crippen LogP contribution in [0.5, 0.6) is 0 Å². The monoisotopic (exact) mass is 360 g/mol. The van der Waals surface area contributed by atoms with Crippen LogP contribution in [0.1, 0.15) is 23.5 Å². The molecule has 0 spiro atoms. The summed E-state index contributed by atoms with van der Waals surface area (Å²) in [5.74, 6) is 0. The van der Waals surface area contributed by atoms with Crippen LogP contribution in [0.2, 0.25) is 0 Å². The molecule has 1 atom stereocenters. The highest BCUT2D eigenvalue weighted by atomic mass is 79.9. The van der Waals surface area contributed by atoms with Gasteiger partial charge in [0, 0.05) is 32.7 Å². The summed E-state index contributed by atoms with van der Waals surface area (Å²) >= 11 is 5.32. The number of thiophene rings is 1. The van der Waals surface area contributed by atoms with Crippen LogP contribution in [0.4, 0.5) is 0 Å². The Bertz CT molecular complexity index is 733. The number of pyridine rings is 1. The Morgan fingerprint density at radius 1 is 1.29 bits per heavy atom. The maximum absolute atomic E-state index is 4.66. The fourth-order valence-corrected chi connectivity index (χ4v) is 4.09. The lowest BCUT2D eigenvalue weighted by molar-refractivity contribution is 0.544. The molecule has 2 aromatic heterocycles. The van der Waals surface area contributed by atoms with Gasteiger partial charge >= 0.3 is 0 Å². The zero-order valence-electron chi connectivity index (χ0n) is 11.8. The highest BCUT2D eigenvalue weighted by Crippen LogP contribution is 2.28. The lowest BCUT2D eigenvalue weighted by atomic mass is 10.0. The smallest absolute Gasteiger partial charge is 0.0655 e. The van der Waals surface area contributed by atoms with Crippen LogP contribution in [0.3, 0.4) is 0 Å². The Balaban J connectivity index is 1.98. The molecule has 21 heavy (non-hydrogen) atoms. The van der Waals surface area contributed by atoms with Crippen molar-refractivity contribution in [2.75, 3.05) is 6.54 Å². The predicted octanol–water partition coefficient (Wildman–Crippen LogP) is 4.95. The second-order valence-corrected chi connectivity index (χ2v) is 6.87. The fraction of sp³-hybridized carbons (Fsp3) is 0.235. The standard InChI is InChI=1S/C17H17BrN2S/c1-2-19-16(10-14-9-13(18)11-21-14)17-15-6-4-3-5-12(15)7-8-20-17/h3-9,11,16,19H,2,10H2,1H3. The van der Waals surface area contributed by atoms with Crippen LogP contribution >= 0.6 is 27.3 Å². The normalized spacial score (nSPS) is 12.7. The summed E-state index contributed by atoms with van der Waals surface area (Å²) in [5, 5.41) is 8.20. The average Bonchev–Trinajstić information content (AvgIpc) is 2.91. The SMILES string of the molecule is CCNC(Cc1cc(Br)cs1)c1nccc2ccccc12. The minimum Gasteiger partial charge on any atom is -0.309 e. The number of benzene rings is 1. The van der Waals surface area contributed by atoms with E-state index in [-0.39, 0.29) is 6.04 Å². The van der Waals surface area contributed by atoms with Crippen LogP contribution in [-0.4, -0.2) is 11.5 Å². The molecule has 2 heterocycles. The molecule has 2 nitrogen and oxygen atoms in total. The lowest BCUT2D eigenvalue weighted by Gasteiger charge is -2.18. The van der Waals surface area contributed by atoms with Gasteiger partial charge in [0.05, 0.1) is 11.7 Å². The third-order valence-corrected chi connectivity index (χ3v) is 5.23. The number of rotatable bonds is 5. The van der Waals surface area contributed by atoms with Gasteiger partial charge in [0.15, 0.2) is 0 Å². The Hall–Kier alpha value is -1.23. The van der Waals surface area contributed by atoms with Crippen molar-refractivity contribution < 1.29 is 0 Å². The van der Waals surface area contributed by atoms with Crippen molar-refractivity contribution in [3.05, 3.63) is 63.0 Å². The second kappa shape index (κ2) is 6.69. The first-order valence-electron chi connectivity index (χ1n) is 7.08. The van der Waals surface area contributed by atoms with Gasteiger partial charge in [-0.25, -0.2) is 0 Å². The minimum atomic E-state index is 0.242. The van der Waals surface area contributed by atoms with Crippen molar-refractivity contribution in [3.63, 3.8) is 0 Å². The van der Waals surface area contributed by atoms with Crippen LogP contribution in [0.25, 0.3) is 10.8 Å². The summed E-state index contributed by atoms with van der Waals surface area (Å²) in [7, 11) is 0. The number of nitrogens with zero attached hydrogens (tertiary/aromatic N) is 1. The van der Waals surface area contributed by atoms with Crippen molar-refractivity contribution in [1.82, 2.24) is 10.3 Å². The van der Waals surface area contributed by atoms with Gasteiger partial charge in [-0.05, 0) is 40.0 Å². The number of halogens is 1. The largest absolute Gasteiger partial charge is 0.309 e. The van der Waals surface area contributed by atoms with E-state index >= 15 is 0 Å². The van der Waals surface area contributed by atoms with Crippen molar-refractivity contribution in [1.29, 1.82) is 0 Å². The molecule has 4 heteroatoms. The Kier molecular flexibility index (Phi) is 4.68. The maximum atomic E-state index is 4.66. The molecule has 108 valence electrons. The molecule has 0 bridgehead atoms. The predicted molar refractivity (Wildman–Crippen MR) is 93.9 cm³/mol. The molecule has 3 rings (SSSR count). The molecular formula is C17H17BrN2S. The maximum Gasteiger partial charge on any atom is 0.0655 e. The summed E-state index contributed by atoms with van der Waals surface area (Å²) in [4.78, 5) is 6.02. The van der Waals surface area contributed by atoms with Gasteiger partial charge in [-0.15, -0.1) is 11.3 Å². The summed E-state index contributed by atoms with van der Waals surface area (Å²) in [5.41, 5.74) is 1.14. The van der Waals surface area contributed by atoms with Crippen molar-refractivity contribution in [2.45, 2.75) is 19.4 Å². The molecule has 0 amide bonds. The van der Waals surface area contributed by atoms with E-state index in [2.05, 4.69) is 74.9 Å². The van der Waals surface area contributed by atoms with E-state index in [9.17, 15) is 0 Å². The van der Waals surface area contributed by atoms with Gasteiger partial charge in [-0.1, -0.05) is 31.2 Å². The molecule has 3 aromatic rings. The third-order valence-electron chi connectivity index (χ3n) is 3.51. The summed E-state index contributed by atoms with van der Waals surface area (Å²) < 4.78 is 1.16. The van der Waals surface area contributed by atoms with Crippen LogP contribution < -0.4 is 5.32 Å². The highest BCUT2D eigenvalue weighted by molar-refractivity contribution is 9.10. The quantitative estimate of drug-likeness (QED) is 0.695. The molecule has 0 aliphatic rings. The van der Waals surface area contributed by atoms with Gasteiger partial charge < -0.3 is 5.32 Å². The van der Waals surface area contributed by atoms with E-state index in [1.807, 2.05) is 6.20 Å². The van der Waals surface area contributed by atoms with E-state index in [1.54, 1.807) is 11.3 Å². The number of aromatic nitrogens is 1. The fourth-order valence-electron chi connectivity index (χ4n) is 2.59. The summed E-state index contributed by atoms with van der Waals surface area (Å²) in [6.07, 6.45) is 2.87. The molecule has 0 fully saturated rings. The first-order valence-corrected chi connectivity index (χ1v) is 8.75. The van der Waals surface area contributed by atoms with E-state index in [0.29, 0.717) is 0 Å². The molecule has 1 aromatic carbocycles. The molecule has 1 N–H and O–H groups in total. The van der Waals surface area contributed by atoms with Crippen LogP contribution in [0, 0.1) is 0 Å². The van der Waals surface area contributed by atoms with E-state index in [0.717, 1.165) is 23.1 Å². The van der Waals surface area contributed by atoms with E-state index in [1.165, 1.54) is 15.6 Å². The Labute approximate surface area is 137 Å². The molecule has 0 aliphatic carbocycles. The number of fused-ring (bicyclic) bond motifs is 1. The topological polar surface area (TPSA) is 24.9 Å². The molecule has 0 aliphatic heterocycles. The number of nitrogens with one attached hydrogen (secondary N) is 1. The third kappa shape index (κ3) is 3.34. The molecule has 0 radical (unpaired) electrons. The van der Waals surface area contributed by atoms with Crippen LogP contribution in [-0.2, 0) is 6.42 Å². The zero-order chi connectivity index (χ0) is 14.7. The second-order valence-electron chi connectivity index (χ2n) is 4.96.